The van der Waals surface area contributed by atoms with Crippen molar-refractivity contribution in [2.45, 2.75) is 6.54 Å². The molecule has 0 radical (unpaired) electrons. The zero-order valence-electron chi connectivity index (χ0n) is 15.3. The van der Waals surface area contributed by atoms with E-state index in [0.717, 1.165) is 18.7 Å². The van der Waals surface area contributed by atoms with Crippen molar-refractivity contribution in [3.63, 3.8) is 0 Å². The lowest BCUT2D eigenvalue weighted by Gasteiger charge is -2.34. The van der Waals surface area contributed by atoms with Gasteiger partial charge in [0.05, 0.1) is 18.2 Å². The lowest BCUT2D eigenvalue weighted by Crippen LogP contribution is -2.48. The molecule has 1 aliphatic heterocycles. The normalized spacial score (nSPS) is 14.6. The van der Waals surface area contributed by atoms with E-state index in [4.69, 9.17) is 9.78 Å². The molecule has 0 aliphatic carbocycles. The summed E-state index contributed by atoms with van der Waals surface area (Å²) in [4.78, 5) is 21.1. The number of aromatic nitrogens is 2. The Morgan fingerprint density at radius 2 is 1.86 bits per heavy atom. The van der Waals surface area contributed by atoms with Crippen LogP contribution >= 0.6 is 0 Å². The molecule has 1 fully saturated rings. The molecule has 3 aromatic rings. The van der Waals surface area contributed by atoms with Gasteiger partial charge in [-0.3, -0.25) is 9.69 Å². The molecule has 2 aromatic carbocycles. The number of hydrogen-bond acceptors (Lipinski definition) is 6. The fourth-order valence-corrected chi connectivity index (χ4v) is 3.23. The number of hydrogen-bond donors (Lipinski definition) is 0. The van der Waals surface area contributed by atoms with Gasteiger partial charge in [-0.2, -0.15) is 10.2 Å². The van der Waals surface area contributed by atoms with Crippen molar-refractivity contribution in [2.24, 2.45) is 0 Å². The van der Waals surface area contributed by atoms with E-state index in [1.807, 2.05) is 35.2 Å². The van der Waals surface area contributed by atoms with E-state index in [9.17, 15) is 4.79 Å². The summed E-state index contributed by atoms with van der Waals surface area (Å²) in [6, 6.07) is 18.6. The molecule has 1 aliphatic rings. The van der Waals surface area contributed by atoms with Gasteiger partial charge in [-0.25, -0.2) is 0 Å². The van der Waals surface area contributed by atoms with Gasteiger partial charge in [0.1, 0.15) is 0 Å². The Kier molecular flexibility index (Phi) is 5.13. The maximum Gasteiger partial charge on any atom is 0.257 e. The van der Waals surface area contributed by atoms with Crippen LogP contribution in [0.5, 0.6) is 0 Å². The van der Waals surface area contributed by atoms with Crippen molar-refractivity contribution in [1.82, 2.24) is 19.9 Å². The van der Waals surface area contributed by atoms with E-state index in [0.29, 0.717) is 42.5 Å². The van der Waals surface area contributed by atoms with E-state index in [1.165, 1.54) is 0 Å². The van der Waals surface area contributed by atoms with Gasteiger partial charge in [-0.15, -0.1) is 0 Å². The standard InChI is InChI=1S/C21H19N5O2/c22-14-16-5-4-8-18(13-16)21(27)26-11-9-25(10-12-26)15-19-23-20(28-24-19)17-6-2-1-3-7-17/h1-8,13H,9-12,15H2. The average Bonchev–Trinajstić information content (AvgIpc) is 3.23. The topological polar surface area (TPSA) is 86.3 Å². The SMILES string of the molecule is N#Cc1cccc(C(=O)N2CCN(Cc3noc(-c4ccccc4)n3)CC2)c1. The molecule has 0 N–H and O–H groups in total. The zero-order valence-corrected chi connectivity index (χ0v) is 15.3. The van der Waals surface area contributed by atoms with E-state index in [2.05, 4.69) is 21.1 Å². The lowest BCUT2D eigenvalue weighted by atomic mass is 10.1. The highest BCUT2D eigenvalue weighted by molar-refractivity contribution is 5.94. The second-order valence-electron chi connectivity index (χ2n) is 6.64. The lowest BCUT2D eigenvalue weighted by molar-refractivity contribution is 0.0624. The zero-order chi connectivity index (χ0) is 19.3. The second-order valence-corrected chi connectivity index (χ2v) is 6.64. The quantitative estimate of drug-likeness (QED) is 0.699. The number of rotatable bonds is 4. The molecule has 2 heterocycles. The van der Waals surface area contributed by atoms with Gasteiger partial charge in [0.15, 0.2) is 5.82 Å². The first kappa shape index (κ1) is 17.9. The first-order valence-electron chi connectivity index (χ1n) is 9.13. The first-order chi connectivity index (χ1) is 13.7. The second kappa shape index (κ2) is 8.03. The summed E-state index contributed by atoms with van der Waals surface area (Å²) in [7, 11) is 0. The van der Waals surface area contributed by atoms with E-state index in [-0.39, 0.29) is 5.91 Å². The molecule has 0 saturated carbocycles. The number of nitriles is 1. The number of amides is 1. The van der Waals surface area contributed by atoms with Gasteiger partial charge in [0.2, 0.25) is 0 Å². The molecule has 1 amide bonds. The Balaban J connectivity index is 1.34. The van der Waals surface area contributed by atoms with E-state index >= 15 is 0 Å². The smallest absolute Gasteiger partial charge is 0.257 e. The molecule has 7 nitrogen and oxygen atoms in total. The molecule has 0 atom stereocenters. The van der Waals surface area contributed by atoms with Crippen LogP contribution in [0.2, 0.25) is 0 Å². The first-order valence-corrected chi connectivity index (χ1v) is 9.13. The minimum Gasteiger partial charge on any atom is -0.336 e. The molecular weight excluding hydrogens is 354 g/mol. The summed E-state index contributed by atoms with van der Waals surface area (Å²) < 4.78 is 5.35. The number of nitrogens with zero attached hydrogens (tertiary/aromatic N) is 5. The predicted octanol–water partition coefficient (Wildman–Crippen LogP) is 2.57. The number of carbonyl (C=O) groups excluding carboxylic acids is 1. The Bertz CT molecular complexity index is 1000. The van der Waals surface area contributed by atoms with Crippen LogP contribution in [0.3, 0.4) is 0 Å². The molecule has 4 rings (SSSR count). The van der Waals surface area contributed by atoms with Crippen molar-refractivity contribution in [3.05, 3.63) is 71.5 Å². The average molecular weight is 373 g/mol. The van der Waals surface area contributed by atoms with Crippen LogP contribution in [-0.2, 0) is 6.54 Å². The highest BCUT2D eigenvalue weighted by atomic mass is 16.5. The Morgan fingerprint density at radius 3 is 2.61 bits per heavy atom. The summed E-state index contributed by atoms with van der Waals surface area (Å²) in [6.45, 7) is 3.30. The molecule has 7 heteroatoms. The maximum atomic E-state index is 12.7. The minimum absolute atomic E-state index is 0.0392. The fraction of sp³-hybridized carbons (Fsp3) is 0.238. The van der Waals surface area contributed by atoms with Crippen LogP contribution < -0.4 is 0 Å². The Morgan fingerprint density at radius 1 is 1.07 bits per heavy atom. The highest BCUT2D eigenvalue weighted by Crippen LogP contribution is 2.17. The number of benzene rings is 2. The number of piperazine rings is 1. The summed E-state index contributed by atoms with van der Waals surface area (Å²) in [5.41, 5.74) is 1.95. The van der Waals surface area contributed by atoms with Gasteiger partial charge in [-0.05, 0) is 30.3 Å². The van der Waals surface area contributed by atoms with E-state index < -0.39 is 0 Å². The third-order valence-electron chi connectivity index (χ3n) is 4.75. The molecule has 0 bridgehead atoms. The monoisotopic (exact) mass is 373 g/mol. The molecule has 140 valence electrons. The molecular formula is C21H19N5O2. The largest absolute Gasteiger partial charge is 0.336 e. The molecule has 1 aromatic heterocycles. The van der Waals surface area contributed by atoms with Gasteiger partial charge < -0.3 is 9.42 Å². The Labute approximate surface area is 162 Å². The van der Waals surface area contributed by atoms with Gasteiger partial charge in [0.25, 0.3) is 11.8 Å². The third kappa shape index (κ3) is 3.92. The van der Waals surface area contributed by atoms with Crippen LogP contribution in [0.15, 0.2) is 59.1 Å². The van der Waals surface area contributed by atoms with Crippen LogP contribution in [0, 0.1) is 11.3 Å². The summed E-state index contributed by atoms with van der Waals surface area (Å²) in [6.07, 6.45) is 0. The highest BCUT2D eigenvalue weighted by Gasteiger charge is 2.23. The minimum atomic E-state index is -0.0392. The van der Waals surface area contributed by atoms with Crippen molar-refractivity contribution in [2.75, 3.05) is 26.2 Å². The van der Waals surface area contributed by atoms with Crippen LogP contribution in [0.25, 0.3) is 11.5 Å². The maximum absolute atomic E-state index is 12.7. The van der Waals surface area contributed by atoms with Crippen LogP contribution in [0.1, 0.15) is 21.7 Å². The van der Waals surface area contributed by atoms with Crippen molar-refractivity contribution < 1.29 is 9.32 Å². The molecule has 0 unspecified atom stereocenters. The molecule has 1 saturated heterocycles. The van der Waals surface area contributed by atoms with Crippen LogP contribution in [0.4, 0.5) is 0 Å². The fourth-order valence-electron chi connectivity index (χ4n) is 3.23. The molecule has 28 heavy (non-hydrogen) atoms. The Hall–Kier alpha value is -3.50. The summed E-state index contributed by atoms with van der Waals surface area (Å²) in [5, 5.41) is 13.1. The number of carbonyl (C=O) groups is 1. The van der Waals surface area contributed by atoms with Crippen molar-refractivity contribution in [3.8, 4) is 17.5 Å². The third-order valence-corrected chi connectivity index (χ3v) is 4.75. The molecule has 0 spiro atoms. The van der Waals surface area contributed by atoms with Gasteiger partial charge in [-0.1, -0.05) is 29.4 Å². The van der Waals surface area contributed by atoms with Crippen molar-refractivity contribution in [1.29, 1.82) is 5.26 Å². The van der Waals surface area contributed by atoms with E-state index in [1.54, 1.807) is 24.3 Å². The van der Waals surface area contributed by atoms with Gasteiger partial charge in [0, 0.05) is 37.3 Å². The predicted molar refractivity (Wildman–Crippen MR) is 102 cm³/mol. The summed E-state index contributed by atoms with van der Waals surface area (Å²) >= 11 is 0. The van der Waals surface area contributed by atoms with Crippen LogP contribution in [-0.4, -0.2) is 52.0 Å². The summed E-state index contributed by atoms with van der Waals surface area (Å²) in [5.74, 6) is 1.12. The van der Waals surface area contributed by atoms with Crippen molar-refractivity contribution >= 4 is 5.91 Å². The van der Waals surface area contributed by atoms with Gasteiger partial charge >= 0.3 is 0 Å².